The molecule has 0 aromatic heterocycles. The van der Waals surface area contributed by atoms with Gasteiger partial charge < -0.3 is 34.7 Å². The fraction of sp³-hybridized carbons (Fsp3) is 0.355. The summed E-state index contributed by atoms with van der Waals surface area (Å²) in [6.07, 6.45) is 0.231. The van der Waals surface area contributed by atoms with Crippen molar-refractivity contribution in [3.8, 4) is 17.2 Å². The summed E-state index contributed by atoms with van der Waals surface area (Å²) in [6.45, 7) is -0.373. The zero-order chi connectivity index (χ0) is 31.4. The molecule has 4 atom stereocenters. The third-order valence-electron chi connectivity index (χ3n) is 6.62. The summed E-state index contributed by atoms with van der Waals surface area (Å²) in [7, 11) is -4.59. The van der Waals surface area contributed by atoms with Crippen molar-refractivity contribution in [1.29, 1.82) is 0 Å². The molecule has 0 spiro atoms. The van der Waals surface area contributed by atoms with E-state index in [9.17, 15) is 19.0 Å². The van der Waals surface area contributed by atoms with Gasteiger partial charge in [-0.15, -0.1) is 0 Å². The SMILES string of the molecule is N[C@@H](COP(=O)(O)OC[C@H]1OCCC[C@H]1OC(=O)CCc1ccc(OCc2cccc(Oc3ccccc3)c2)cc1)C(=O)O. The molecule has 3 aromatic carbocycles. The van der Waals surface area contributed by atoms with Gasteiger partial charge in [-0.05, 0) is 66.8 Å². The molecule has 1 fully saturated rings. The number of carbonyl (C=O) groups excluding carboxylic acids is 1. The molecule has 12 nitrogen and oxygen atoms in total. The van der Waals surface area contributed by atoms with Crippen molar-refractivity contribution in [2.45, 2.75) is 50.5 Å². The molecule has 1 saturated heterocycles. The van der Waals surface area contributed by atoms with Gasteiger partial charge >= 0.3 is 19.8 Å². The highest BCUT2D eigenvalue weighted by atomic mass is 31.2. The average molecular weight is 630 g/mol. The molecule has 0 aliphatic carbocycles. The molecule has 1 heterocycles. The molecule has 3 aromatic rings. The number of carboxylic acid groups (broad SMARTS) is 1. The van der Waals surface area contributed by atoms with Gasteiger partial charge in [0, 0.05) is 13.0 Å². The predicted molar refractivity (Wildman–Crippen MR) is 158 cm³/mol. The molecule has 4 N–H and O–H groups in total. The zero-order valence-electron chi connectivity index (χ0n) is 24.0. The van der Waals surface area contributed by atoms with Gasteiger partial charge in [0.2, 0.25) is 0 Å². The van der Waals surface area contributed by atoms with Gasteiger partial charge in [-0.2, -0.15) is 0 Å². The number of nitrogens with two attached hydrogens (primary N) is 1. The van der Waals surface area contributed by atoms with Crippen LogP contribution in [0.15, 0.2) is 78.9 Å². The van der Waals surface area contributed by atoms with Crippen molar-refractivity contribution in [2.24, 2.45) is 5.73 Å². The van der Waals surface area contributed by atoms with Gasteiger partial charge in [0.1, 0.15) is 42.1 Å². The van der Waals surface area contributed by atoms with Crippen molar-refractivity contribution in [3.63, 3.8) is 0 Å². The summed E-state index contributed by atoms with van der Waals surface area (Å²) >= 11 is 0. The maximum Gasteiger partial charge on any atom is 0.472 e. The van der Waals surface area contributed by atoms with Crippen molar-refractivity contribution >= 4 is 19.8 Å². The van der Waals surface area contributed by atoms with Gasteiger partial charge in [0.15, 0.2) is 0 Å². The van der Waals surface area contributed by atoms with E-state index in [-0.39, 0.29) is 13.0 Å². The Labute approximate surface area is 255 Å². The number of aliphatic carboxylic acids is 1. The van der Waals surface area contributed by atoms with Crippen LogP contribution in [0.1, 0.15) is 30.4 Å². The summed E-state index contributed by atoms with van der Waals surface area (Å²) in [6, 6.07) is 23.2. The molecular weight excluding hydrogens is 593 g/mol. The van der Waals surface area contributed by atoms with Gasteiger partial charge in [-0.3, -0.25) is 18.6 Å². The van der Waals surface area contributed by atoms with Crippen LogP contribution in [-0.2, 0) is 45.7 Å². The van der Waals surface area contributed by atoms with E-state index in [0.717, 1.165) is 22.6 Å². The van der Waals surface area contributed by atoms with E-state index in [1.165, 1.54) is 0 Å². The number of rotatable bonds is 16. The Kier molecular flexibility index (Phi) is 12.3. The van der Waals surface area contributed by atoms with Gasteiger partial charge in [-0.1, -0.05) is 42.5 Å². The smallest absolute Gasteiger partial charge is 0.472 e. The van der Waals surface area contributed by atoms with Crippen molar-refractivity contribution in [3.05, 3.63) is 90.0 Å². The van der Waals surface area contributed by atoms with Crippen molar-refractivity contribution in [1.82, 2.24) is 0 Å². The average Bonchev–Trinajstić information content (AvgIpc) is 3.02. The van der Waals surface area contributed by atoms with Crippen LogP contribution in [-0.4, -0.2) is 60.0 Å². The first-order valence-electron chi connectivity index (χ1n) is 14.1. The largest absolute Gasteiger partial charge is 0.489 e. The Balaban J connectivity index is 1.19. The van der Waals surface area contributed by atoms with E-state index in [4.69, 9.17) is 34.3 Å². The molecule has 1 aliphatic rings. The number of aryl methyl sites for hydroxylation is 1. The fourth-order valence-electron chi connectivity index (χ4n) is 4.27. The van der Waals surface area contributed by atoms with Crippen LogP contribution in [0.5, 0.6) is 17.2 Å². The van der Waals surface area contributed by atoms with E-state index in [1.54, 1.807) is 0 Å². The maximum absolute atomic E-state index is 12.6. The monoisotopic (exact) mass is 629 g/mol. The van der Waals surface area contributed by atoms with Crippen molar-refractivity contribution < 1.29 is 52.1 Å². The summed E-state index contributed by atoms with van der Waals surface area (Å²) in [5, 5.41) is 8.77. The number of hydrogen-bond acceptors (Lipinski definition) is 10. The number of benzene rings is 3. The van der Waals surface area contributed by atoms with Gasteiger partial charge in [0.25, 0.3) is 0 Å². The second-order valence-corrected chi connectivity index (χ2v) is 11.5. The number of hydrogen-bond donors (Lipinski definition) is 3. The number of carbonyl (C=O) groups is 2. The number of esters is 1. The van der Waals surface area contributed by atoms with Crippen LogP contribution in [0.3, 0.4) is 0 Å². The van der Waals surface area contributed by atoms with E-state index in [1.807, 2.05) is 78.9 Å². The number of para-hydroxylation sites is 1. The molecule has 0 bridgehead atoms. The first-order valence-corrected chi connectivity index (χ1v) is 15.6. The van der Waals surface area contributed by atoms with E-state index in [2.05, 4.69) is 4.52 Å². The third-order valence-corrected chi connectivity index (χ3v) is 7.57. The minimum absolute atomic E-state index is 0.118. The predicted octanol–water partition coefficient (Wildman–Crippen LogP) is 4.63. The van der Waals surface area contributed by atoms with Crippen LogP contribution in [0.4, 0.5) is 0 Å². The Morgan fingerprint density at radius 2 is 1.70 bits per heavy atom. The van der Waals surface area contributed by atoms with Gasteiger partial charge in [-0.25, -0.2) is 4.57 Å². The number of carboxylic acids is 1. The fourth-order valence-corrected chi connectivity index (χ4v) is 5.03. The summed E-state index contributed by atoms with van der Waals surface area (Å²) in [4.78, 5) is 33.2. The quantitative estimate of drug-likeness (QED) is 0.148. The lowest BCUT2D eigenvalue weighted by Crippen LogP contribution is -2.40. The van der Waals surface area contributed by atoms with Crippen LogP contribution in [0.2, 0.25) is 0 Å². The second kappa shape index (κ2) is 16.3. The Morgan fingerprint density at radius 3 is 2.45 bits per heavy atom. The molecule has 1 unspecified atom stereocenters. The molecule has 4 rings (SSSR count). The molecule has 236 valence electrons. The minimum atomic E-state index is -4.59. The molecule has 0 amide bonds. The molecule has 1 aliphatic heterocycles. The van der Waals surface area contributed by atoms with E-state index >= 15 is 0 Å². The normalized spacial score (nSPS) is 18.5. The molecular formula is C31H36NO11P. The van der Waals surface area contributed by atoms with Crippen LogP contribution >= 0.6 is 7.82 Å². The number of ether oxygens (including phenoxy) is 4. The molecule has 44 heavy (non-hydrogen) atoms. The topological polar surface area (TPSA) is 173 Å². The summed E-state index contributed by atoms with van der Waals surface area (Å²) < 4.78 is 44.6. The van der Waals surface area contributed by atoms with Crippen LogP contribution in [0.25, 0.3) is 0 Å². The lowest BCUT2D eigenvalue weighted by molar-refractivity contribution is -0.166. The number of phosphoric acid groups is 1. The highest BCUT2D eigenvalue weighted by molar-refractivity contribution is 7.47. The first-order chi connectivity index (χ1) is 21.2. The molecule has 0 saturated carbocycles. The second-order valence-electron chi connectivity index (χ2n) is 10.1. The first kappa shape index (κ1) is 33.1. The van der Waals surface area contributed by atoms with Gasteiger partial charge in [0.05, 0.1) is 13.2 Å². The van der Waals surface area contributed by atoms with Crippen LogP contribution < -0.4 is 15.2 Å². The van der Waals surface area contributed by atoms with Crippen LogP contribution in [0, 0.1) is 0 Å². The maximum atomic E-state index is 12.6. The zero-order valence-corrected chi connectivity index (χ0v) is 24.9. The lowest BCUT2D eigenvalue weighted by atomic mass is 10.1. The third kappa shape index (κ3) is 11.1. The Bertz CT molecular complexity index is 1400. The minimum Gasteiger partial charge on any atom is -0.489 e. The summed E-state index contributed by atoms with van der Waals surface area (Å²) in [5.74, 6) is 0.331. The lowest BCUT2D eigenvalue weighted by Gasteiger charge is -2.31. The standard InChI is InChI=1S/C31H36NO11P/c32-27(31(34)35)20-40-44(36,37)41-21-29-28(10-5-17-38-29)43-30(33)16-13-22-11-14-24(15-12-22)39-19-23-6-4-9-26(18-23)42-25-7-2-1-3-8-25/h1-4,6-9,11-12,14-15,18,27-29H,5,10,13,16-17,19-21,32H2,(H,34,35)(H,36,37)/t27-,28+,29+/m0/s1. The highest BCUT2D eigenvalue weighted by Gasteiger charge is 2.33. The highest BCUT2D eigenvalue weighted by Crippen LogP contribution is 2.43. The molecule has 13 heteroatoms. The number of phosphoric ester groups is 1. The van der Waals surface area contributed by atoms with Crippen molar-refractivity contribution in [2.75, 3.05) is 19.8 Å². The van der Waals surface area contributed by atoms with E-state index < -0.39 is 44.6 Å². The Morgan fingerprint density at radius 1 is 0.955 bits per heavy atom. The van der Waals surface area contributed by atoms with E-state index in [0.29, 0.717) is 38.2 Å². The summed E-state index contributed by atoms with van der Waals surface area (Å²) in [5.41, 5.74) is 7.15. The Hall–Kier alpha value is -3.77. The molecule has 0 radical (unpaired) electrons.